The maximum atomic E-state index is 13.6. The van der Waals surface area contributed by atoms with E-state index in [1.54, 1.807) is 26.4 Å². The Bertz CT molecular complexity index is 1060. The number of nitrogens with zero attached hydrogens (tertiary/aromatic N) is 2. The standard InChI is InChI=1S/C27H29FN2O3/c1-32-25-10-6-9-21(26(25)33-2)19-29-17-15-24(16-18-29)30(23-13-11-22(28)12-14-23)27(31)20-7-4-3-5-8-20/h3-14,24H,15-19H2,1-2H3. The number of benzene rings is 3. The highest BCUT2D eigenvalue weighted by Gasteiger charge is 2.30. The number of rotatable bonds is 7. The van der Waals surface area contributed by atoms with Crippen molar-refractivity contribution in [1.29, 1.82) is 0 Å². The number of carbonyl (C=O) groups is 1. The van der Waals surface area contributed by atoms with Crippen LogP contribution < -0.4 is 14.4 Å². The number of hydrogen-bond acceptors (Lipinski definition) is 4. The second-order valence-corrected chi connectivity index (χ2v) is 8.18. The lowest BCUT2D eigenvalue weighted by atomic mass is 10.00. The van der Waals surface area contributed by atoms with E-state index >= 15 is 0 Å². The van der Waals surface area contributed by atoms with Crippen molar-refractivity contribution in [2.24, 2.45) is 0 Å². The lowest BCUT2D eigenvalue weighted by Crippen LogP contribution is -2.47. The molecule has 1 saturated heterocycles. The predicted octanol–water partition coefficient (Wildman–Crippen LogP) is 5.15. The Hall–Kier alpha value is -3.38. The smallest absolute Gasteiger partial charge is 0.258 e. The van der Waals surface area contributed by atoms with Crippen molar-refractivity contribution >= 4 is 11.6 Å². The van der Waals surface area contributed by atoms with Gasteiger partial charge in [-0.05, 0) is 55.3 Å². The van der Waals surface area contributed by atoms with Crippen LogP contribution in [0.2, 0.25) is 0 Å². The Labute approximate surface area is 194 Å². The van der Waals surface area contributed by atoms with Crippen molar-refractivity contribution in [3.63, 3.8) is 0 Å². The van der Waals surface area contributed by atoms with Crippen LogP contribution in [0.3, 0.4) is 0 Å². The van der Waals surface area contributed by atoms with E-state index < -0.39 is 0 Å². The van der Waals surface area contributed by atoms with Crippen LogP contribution in [0, 0.1) is 5.82 Å². The lowest BCUT2D eigenvalue weighted by Gasteiger charge is -2.39. The monoisotopic (exact) mass is 448 g/mol. The van der Waals surface area contributed by atoms with Crippen LogP contribution in [0.1, 0.15) is 28.8 Å². The number of likely N-dealkylation sites (tertiary alicyclic amines) is 1. The van der Waals surface area contributed by atoms with E-state index in [0.717, 1.165) is 55.2 Å². The molecule has 0 radical (unpaired) electrons. The van der Waals surface area contributed by atoms with Gasteiger partial charge in [0.1, 0.15) is 5.82 Å². The number of halogens is 1. The van der Waals surface area contributed by atoms with Crippen molar-refractivity contribution in [1.82, 2.24) is 4.90 Å². The molecule has 1 fully saturated rings. The maximum Gasteiger partial charge on any atom is 0.258 e. The molecule has 0 aliphatic carbocycles. The van der Waals surface area contributed by atoms with Gasteiger partial charge in [0.2, 0.25) is 0 Å². The average Bonchev–Trinajstić information content (AvgIpc) is 2.86. The summed E-state index contributed by atoms with van der Waals surface area (Å²) in [7, 11) is 3.30. The first kappa shape index (κ1) is 22.8. The van der Waals surface area contributed by atoms with E-state index in [2.05, 4.69) is 11.0 Å². The molecule has 3 aromatic rings. The molecule has 5 nitrogen and oxygen atoms in total. The van der Waals surface area contributed by atoms with Crippen molar-refractivity contribution < 1.29 is 18.7 Å². The van der Waals surface area contributed by atoms with Crippen LogP contribution in [-0.4, -0.2) is 44.2 Å². The van der Waals surface area contributed by atoms with Crippen LogP contribution in [0.25, 0.3) is 0 Å². The number of hydrogen-bond donors (Lipinski definition) is 0. The second kappa shape index (κ2) is 10.5. The van der Waals surface area contributed by atoms with E-state index in [1.165, 1.54) is 12.1 Å². The summed E-state index contributed by atoms with van der Waals surface area (Å²) in [5, 5.41) is 0. The van der Waals surface area contributed by atoms with E-state index in [-0.39, 0.29) is 17.8 Å². The normalized spacial score (nSPS) is 14.6. The zero-order valence-corrected chi connectivity index (χ0v) is 19.0. The minimum Gasteiger partial charge on any atom is -0.493 e. The summed E-state index contributed by atoms with van der Waals surface area (Å²) in [5.41, 5.74) is 2.43. The van der Waals surface area contributed by atoms with Gasteiger partial charge in [-0.2, -0.15) is 0 Å². The molecule has 3 aromatic carbocycles. The second-order valence-electron chi connectivity index (χ2n) is 8.18. The number of amides is 1. The summed E-state index contributed by atoms with van der Waals surface area (Å²) in [6.45, 7) is 2.42. The van der Waals surface area contributed by atoms with Crippen LogP contribution in [-0.2, 0) is 6.54 Å². The summed E-state index contributed by atoms with van der Waals surface area (Å²) in [5.74, 6) is 1.11. The van der Waals surface area contributed by atoms with Gasteiger partial charge in [0.15, 0.2) is 11.5 Å². The number of para-hydroxylation sites is 1. The molecule has 172 valence electrons. The first-order chi connectivity index (χ1) is 16.1. The van der Waals surface area contributed by atoms with Crippen molar-refractivity contribution in [3.8, 4) is 11.5 Å². The Morgan fingerprint density at radius 2 is 1.64 bits per heavy atom. The third-order valence-corrected chi connectivity index (χ3v) is 6.15. The van der Waals surface area contributed by atoms with Gasteiger partial charge in [0.05, 0.1) is 14.2 Å². The molecule has 0 unspecified atom stereocenters. The number of methoxy groups -OCH3 is 2. The third-order valence-electron chi connectivity index (χ3n) is 6.15. The Morgan fingerprint density at radius 3 is 2.27 bits per heavy atom. The van der Waals surface area contributed by atoms with E-state index in [4.69, 9.17) is 9.47 Å². The zero-order chi connectivity index (χ0) is 23.2. The van der Waals surface area contributed by atoms with Gasteiger partial charge in [-0.15, -0.1) is 0 Å². The molecule has 0 aromatic heterocycles. The van der Waals surface area contributed by atoms with Gasteiger partial charge >= 0.3 is 0 Å². The van der Waals surface area contributed by atoms with Gasteiger partial charge in [-0.3, -0.25) is 9.69 Å². The summed E-state index contributed by atoms with van der Waals surface area (Å²) < 4.78 is 24.6. The molecule has 1 heterocycles. The summed E-state index contributed by atoms with van der Waals surface area (Å²) in [6.07, 6.45) is 1.64. The zero-order valence-electron chi connectivity index (χ0n) is 19.0. The third kappa shape index (κ3) is 5.17. The van der Waals surface area contributed by atoms with Gasteiger partial charge in [0, 0.05) is 42.5 Å². The summed E-state index contributed by atoms with van der Waals surface area (Å²) in [6, 6.07) is 21.4. The van der Waals surface area contributed by atoms with E-state index in [1.807, 2.05) is 47.4 Å². The minimum absolute atomic E-state index is 0.0339. The van der Waals surface area contributed by atoms with Gasteiger partial charge in [-0.25, -0.2) is 4.39 Å². The summed E-state index contributed by atoms with van der Waals surface area (Å²) >= 11 is 0. The number of piperidine rings is 1. The van der Waals surface area contributed by atoms with Crippen molar-refractivity contribution in [2.75, 3.05) is 32.2 Å². The fraction of sp³-hybridized carbons (Fsp3) is 0.296. The molecule has 0 atom stereocenters. The number of anilines is 1. The van der Waals surface area contributed by atoms with E-state index in [9.17, 15) is 9.18 Å². The highest BCUT2D eigenvalue weighted by atomic mass is 19.1. The molecule has 0 bridgehead atoms. The van der Waals surface area contributed by atoms with Crippen molar-refractivity contribution in [3.05, 3.63) is 89.7 Å². The van der Waals surface area contributed by atoms with Crippen LogP contribution in [0.4, 0.5) is 10.1 Å². The fourth-order valence-corrected chi connectivity index (χ4v) is 4.47. The molecule has 1 aliphatic rings. The molecule has 1 amide bonds. The predicted molar refractivity (Wildman–Crippen MR) is 127 cm³/mol. The summed E-state index contributed by atoms with van der Waals surface area (Å²) in [4.78, 5) is 17.6. The SMILES string of the molecule is COc1cccc(CN2CCC(N(C(=O)c3ccccc3)c3ccc(F)cc3)CC2)c1OC. The molecule has 33 heavy (non-hydrogen) atoms. The van der Waals surface area contributed by atoms with Crippen LogP contribution in [0.15, 0.2) is 72.8 Å². The van der Waals surface area contributed by atoms with Gasteiger partial charge < -0.3 is 14.4 Å². The molecule has 0 saturated carbocycles. The molecular weight excluding hydrogens is 419 g/mol. The van der Waals surface area contributed by atoms with Gasteiger partial charge in [0.25, 0.3) is 5.91 Å². The molecule has 6 heteroatoms. The van der Waals surface area contributed by atoms with Crippen LogP contribution >= 0.6 is 0 Å². The van der Waals surface area contributed by atoms with E-state index in [0.29, 0.717) is 5.56 Å². The number of carbonyl (C=O) groups excluding carboxylic acids is 1. The number of ether oxygens (including phenoxy) is 2. The van der Waals surface area contributed by atoms with Crippen molar-refractivity contribution in [2.45, 2.75) is 25.4 Å². The fourth-order valence-electron chi connectivity index (χ4n) is 4.47. The molecule has 1 aliphatic heterocycles. The Balaban J connectivity index is 1.51. The quantitative estimate of drug-likeness (QED) is 0.501. The van der Waals surface area contributed by atoms with Gasteiger partial charge in [-0.1, -0.05) is 30.3 Å². The maximum absolute atomic E-state index is 13.6. The average molecular weight is 449 g/mol. The highest BCUT2D eigenvalue weighted by molar-refractivity contribution is 6.06. The molecule has 0 spiro atoms. The molecular formula is C27H29FN2O3. The molecule has 4 rings (SSSR count). The largest absolute Gasteiger partial charge is 0.493 e. The highest BCUT2D eigenvalue weighted by Crippen LogP contribution is 2.33. The first-order valence-corrected chi connectivity index (χ1v) is 11.2. The van der Waals surface area contributed by atoms with Crippen LogP contribution in [0.5, 0.6) is 11.5 Å². The Kier molecular flexibility index (Phi) is 7.25. The first-order valence-electron chi connectivity index (χ1n) is 11.2. The lowest BCUT2D eigenvalue weighted by molar-refractivity contribution is 0.0958. The Morgan fingerprint density at radius 1 is 0.939 bits per heavy atom. The minimum atomic E-state index is -0.312. The molecule has 0 N–H and O–H groups in total. The topological polar surface area (TPSA) is 42.0 Å².